The van der Waals surface area contributed by atoms with Crippen LogP contribution in [-0.2, 0) is 6.54 Å². The Balaban J connectivity index is 1.67. The number of nitrogens with zero attached hydrogens (tertiary/aromatic N) is 4. The van der Waals surface area contributed by atoms with Crippen LogP contribution >= 0.6 is 11.8 Å². The SMILES string of the molecule is CSc1ccc(-c2noc(Cn3c(=O)cnc4ccccc43)n2)cc1. The highest BCUT2D eigenvalue weighted by Crippen LogP contribution is 2.21. The summed E-state index contributed by atoms with van der Waals surface area (Å²) in [5.41, 5.74) is 2.15. The monoisotopic (exact) mass is 350 g/mol. The number of benzene rings is 2. The van der Waals surface area contributed by atoms with Gasteiger partial charge in [-0.05, 0) is 42.7 Å². The minimum atomic E-state index is -0.206. The summed E-state index contributed by atoms with van der Waals surface area (Å²) in [6.45, 7) is 0.206. The van der Waals surface area contributed by atoms with E-state index in [0.29, 0.717) is 11.7 Å². The molecular formula is C18H14N4O2S. The number of rotatable bonds is 4. The van der Waals surface area contributed by atoms with Gasteiger partial charge in [0.1, 0.15) is 6.54 Å². The molecule has 4 aromatic rings. The van der Waals surface area contributed by atoms with E-state index in [2.05, 4.69) is 15.1 Å². The molecule has 6 nitrogen and oxygen atoms in total. The van der Waals surface area contributed by atoms with Crippen molar-refractivity contribution in [2.45, 2.75) is 11.4 Å². The Kier molecular flexibility index (Phi) is 4.07. The molecule has 7 heteroatoms. The van der Waals surface area contributed by atoms with Crippen LogP contribution in [-0.4, -0.2) is 25.9 Å². The lowest BCUT2D eigenvalue weighted by atomic mass is 10.2. The molecule has 0 saturated carbocycles. The molecular weight excluding hydrogens is 336 g/mol. The summed E-state index contributed by atoms with van der Waals surface area (Å²) >= 11 is 1.67. The molecule has 0 atom stereocenters. The van der Waals surface area contributed by atoms with E-state index in [4.69, 9.17) is 4.52 Å². The lowest BCUT2D eigenvalue weighted by molar-refractivity contribution is 0.371. The number of para-hydroxylation sites is 2. The van der Waals surface area contributed by atoms with Gasteiger partial charge in [-0.25, -0.2) is 4.98 Å². The highest BCUT2D eigenvalue weighted by Gasteiger charge is 2.12. The van der Waals surface area contributed by atoms with E-state index in [9.17, 15) is 4.79 Å². The second kappa shape index (κ2) is 6.52. The Morgan fingerprint density at radius 1 is 1.12 bits per heavy atom. The van der Waals surface area contributed by atoms with Crippen LogP contribution in [0.25, 0.3) is 22.4 Å². The molecule has 0 aliphatic rings. The molecule has 0 amide bonds. The van der Waals surface area contributed by atoms with Gasteiger partial charge in [0.2, 0.25) is 11.7 Å². The van der Waals surface area contributed by atoms with E-state index < -0.39 is 0 Å². The molecule has 0 radical (unpaired) electrons. The maximum atomic E-state index is 12.2. The topological polar surface area (TPSA) is 73.8 Å². The third kappa shape index (κ3) is 3.06. The normalized spacial score (nSPS) is 11.1. The minimum Gasteiger partial charge on any atom is -0.337 e. The van der Waals surface area contributed by atoms with Crippen LogP contribution in [0.3, 0.4) is 0 Å². The Hall–Kier alpha value is -2.93. The summed E-state index contributed by atoms with van der Waals surface area (Å²) in [5.74, 6) is 0.886. The van der Waals surface area contributed by atoms with Crippen molar-refractivity contribution in [1.29, 1.82) is 0 Å². The van der Waals surface area contributed by atoms with Crippen LogP contribution in [0, 0.1) is 0 Å². The van der Waals surface area contributed by atoms with E-state index in [1.165, 1.54) is 11.1 Å². The molecule has 2 aromatic heterocycles. The van der Waals surface area contributed by atoms with Crippen LogP contribution in [0.5, 0.6) is 0 Å². The molecule has 0 unspecified atom stereocenters. The van der Waals surface area contributed by atoms with Crippen molar-refractivity contribution in [1.82, 2.24) is 19.7 Å². The fourth-order valence-electron chi connectivity index (χ4n) is 2.59. The molecule has 0 aliphatic heterocycles. The zero-order valence-electron chi connectivity index (χ0n) is 13.4. The molecule has 4 rings (SSSR count). The van der Waals surface area contributed by atoms with Crippen molar-refractivity contribution < 1.29 is 4.52 Å². The molecule has 2 heterocycles. The van der Waals surface area contributed by atoms with E-state index in [1.54, 1.807) is 16.3 Å². The predicted octanol–water partition coefficient (Wildman–Crippen LogP) is 3.22. The van der Waals surface area contributed by atoms with E-state index >= 15 is 0 Å². The average Bonchev–Trinajstić information content (AvgIpc) is 3.13. The quantitative estimate of drug-likeness (QED) is 0.526. The lowest BCUT2D eigenvalue weighted by Crippen LogP contribution is -2.21. The summed E-state index contributed by atoms with van der Waals surface area (Å²) in [6, 6.07) is 15.4. The first-order chi connectivity index (χ1) is 12.2. The van der Waals surface area contributed by atoms with Crippen LogP contribution in [0.15, 0.2) is 68.9 Å². The van der Waals surface area contributed by atoms with Crippen molar-refractivity contribution in [2.75, 3.05) is 6.26 Å². The highest BCUT2D eigenvalue weighted by atomic mass is 32.2. The molecule has 25 heavy (non-hydrogen) atoms. The van der Waals surface area contributed by atoms with Gasteiger partial charge in [0.15, 0.2) is 0 Å². The van der Waals surface area contributed by atoms with E-state index in [1.807, 2.05) is 54.8 Å². The molecule has 2 aromatic carbocycles. The lowest BCUT2D eigenvalue weighted by Gasteiger charge is -2.06. The smallest absolute Gasteiger partial charge is 0.269 e. The Labute approximate surface area is 147 Å². The van der Waals surface area contributed by atoms with Crippen molar-refractivity contribution in [3.63, 3.8) is 0 Å². The highest BCUT2D eigenvalue weighted by molar-refractivity contribution is 7.98. The first-order valence-electron chi connectivity index (χ1n) is 7.66. The summed E-state index contributed by atoms with van der Waals surface area (Å²) < 4.78 is 6.92. The first-order valence-corrected chi connectivity index (χ1v) is 8.88. The average molecular weight is 350 g/mol. The van der Waals surface area contributed by atoms with Gasteiger partial charge in [-0.3, -0.25) is 9.36 Å². The third-order valence-corrected chi connectivity index (χ3v) is 4.61. The van der Waals surface area contributed by atoms with Gasteiger partial charge in [0.05, 0.1) is 17.2 Å². The Bertz CT molecular complexity index is 1090. The van der Waals surface area contributed by atoms with Gasteiger partial charge in [-0.2, -0.15) is 4.98 Å². The maximum Gasteiger partial charge on any atom is 0.269 e. The molecule has 0 bridgehead atoms. The predicted molar refractivity (Wildman–Crippen MR) is 96.6 cm³/mol. The van der Waals surface area contributed by atoms with Crippen LogP contribution < -0.4 is 5.56 Å². The zero-order valence-corrected chi connectivity index (χ0v) is 14.2. The minimum absolute atomic E-state index is 0.206. The molecule has 0 spiro atoms. The second-order valence-electron chi connectivity index (χ2n) is 5.41. The van der Waals surface area contributed by atoms with Crippen molar-refractivity contribution in [3.05, 3.63) is 71.0 Å². The largest absolute Gasteiger partial charge is 0.337 e. The molecule has 124 valence electrons. The zero-order chi connectivity index (χ0) is 17.2. The van der Waals surface area contributed by atoms with Crippen molar-refractivity contribution in [3.8, 4) is 11.4 Å². The first kappa shape index (κ1) is 15.6. The summed E-state index contributed by atoms with van der Waals surface area (Å²) in [7, 11) is 0. The fourth-order valence-corrected chi connectivity index (χ4v) is 3.00. The maximum absolute atomic E-state index is 12.2. The number of aromatic nitrogens is 4. The number of thioether (sulfide) groups is 1. The van der Waals surface area contributed by atoms with Gasteiger partial charge in [-0.15, -0.1) is 11.8 Å². The number of hydrogen-bond acceptors (Lipinski definition) is 6. The standard InChI is InChI=1S/C18H14N4O2S/c1-25-13-8-6-12(7-9-13)18-20-16(24-21-18)11-22-15-5-3-2-4-14(15)19-10-17(22)23/h2-10H,11H2,1H3. The Morgan fingerprint density at radius 2 is 1.92 bits per heavy atom. The molecule has 0 saturated heterocycles. The van der Waals surface area contributed by atoms with E-state index in [-0.39, 0.29) is 12.1 Å². The van der Waals surface area contributed by atoms with Crippen LogP contribution in [0.4, 0.5) is 0 Å². The third-order valence-electron chi connectivity index (χ3n) is 3.86. The summed E-state index contributed by atoms with van der Waals surface area (Å²) in [6.07, 6.45) is 3.33. The number of hydrogen-bond donors (Lipinski definition) is 0. The van der Waals surface area contributed by atoms with Gasteiger partial charge in [0, 0.05) is 10.5 Å². The van der Waals surface area contributed by atoms with Crippen LogP contribution in [0.1, 0.15) is 5.89 Å². The molecule has 0 aliphatic carbocycles. The Morgan fingerprint density at radius 3 is 2.72 bits per heavy atom. The summed E-state index contributed by atoms with van der Waals surface area (Å²) in [5, 5.41) is 4.02. The van der Waals surface area contributed by atoms with Crippen molar-refractivity contribution in [2.24, 2.45) is 0 Å². The van der Waals surface area contributed by atoms with Crippen LogP contribution in [0.2, 0.25) is 0 Å². The molecule has 0 N–H and O–H groups in total. The van der Waals surface area contributed by atoms with E-state index in [0.717, 1.165) is 16.6 Å². The number of fused-ring (bicyclic) bond motifs is 1. The second-order valence-corrected chi connectivity index (χ2v) is 6.29. The molecule has 0 fully saturated rings. The van der Waals surface area contributed by atoms with Gasteiger partial charge in [0.25, 0.3) is 5.56 Å². The van der Waals surface area contributed by atoms with Crippen molar-refractivity contribution >= 4 is 22.8 Å². The van der Waals surface area contributed by atoms with Gasteiger partial charge in [-0.1, -0.05) is 17.3 Å². The van der Waals surface area contributed by atoms with Gasteiger partial charge < -0.3 is 4.52 Å². The summed E-state index contributed by atoms with van der Waals surface area (Å²) in [4.78, 5) is 21.9. The van der Waals surface area contributed by atoms with Gasteiger partial charge >= 0.3 is 0 Å². The fraction of sp³-hybridized carbons (Fsp3) is 0.111.